The molecular weight excluding hydrogens is 1620 g/mol. The molecule has 0 spiro atoms. The monoisotopic (exact) mass is 1680 g/mol. The number of aromatic nitrogens is 21. The summed E-state index contributed by atoms with van der Waals surface area (Å²) in [6, 6.07) is 48.0. The Morgan fingerprint density at radius 1 is 0.278 bits per heavy atom. The number of nitrogens with zero attached hydrogens (tertiary/aromatic N) is 21. The third-order valence-electron chi connectivity index (χ3n) is 14.9. The number of benzene rings is 6. The number of hydrogen-bond acceptors (Lipinski definition) is 27. The van der Waals surface area contributed by atoms with E-state index in [0.29, 0.717) is 5.69 Å². The molecule has 0 unspecified atom stereocenters. The Labute approximate surface area is 654 Å². The Balaban J connectivity index is 0.000000173. The van der Waals surface area contributed by atoms with Gasteiger partial charge in [0.1, 0.15) is 25.3 Å². The summed E-state index contributed by atoms with van der Waals surface area (Å²) in [5.74, 6) is 0. The second-order valence-corrected chi connectivity index (χ2v) is 34.3. The Hall–Kier alpha value is -13.9. The van der Waals surface area contributed by atoms with E-state index in [-0.39, 0.29) is 29.4 Å². The molecule has 0 aliphatic rings. The van der Waals surface area contributed by atoms with Crippen LogP contribution in [0.5, 0.6) is 0 Å². The topological polar surface area (TPSA) is 482 Å². The highest BCUT2D eigenvalue weighted by Crippen LogP contribution is 2.18. The zero-order valence-electron chi connectivity index (χ0n) is 61.4. The molecule has 0 aliphatic heterocycles. The van der Waals surface area contributed by atoms with Gasteiger partial charge in [-0.15, -0.1) is 0 Å². The van der Waals surface area contributed by atoms with Gasteiger partial charge in [0.15, 0.2) is 0 Å². The maximum atomic E-state index is 12.1. The summed E-state index contributed by atoms with van der Waals surface area (Å²) in [7, 11) is -14.0. The highest BCUT2D eigenvalue weighted by atomic mass is 32.2. The summed E-state index contributed by atoms with van der Waals surface area (Å²) in [5.41, 5.74) is -0.361. The standard InChI is InChI=1S/C14H11N5O3S.2C12H13N3O3S.2C11H11N3O3S.C10H10N4O3S/c20-14-18(16-17-19(14)12-5-4-8-15-11-12)9-10-23(21,22)13-6-2-1-3-7-13;1-10-3-5-11(6-4-10)19(17,18)8-7-15-9-13-14(2)12(15)16;1-10-3-5-11(6-4-10)19(17,18)8-7-15-12(16)14(2)9-13-15;1-13-11(15)14(9-12-13)7-8-18(16,17)10-5-3-2-4-6-10;1-13-9-12-14(11(13)15)7-8-18(16,17)10-5-3-2-4-6-10;1-13-10(15)14(12-11-13)7-8-18(16,17)9-5-3-2-4-6-9/h1-11H;2*3-9H,1-2H3;2*2-9H,1H3;2-8H,1H3/b10-9+;5*8-7+. The van der Waals surface area contributed by atoms with Crippen LogP contribution in [0.1, 0.15) is 11.1 Å². The molecule has 0 amide bonds. The molecular formula is C70H69N21O18S6. The van der Waals surface area contributed by atoms with E-state index < -0.39 is 93.2 Å². The molecule has 7 heterocycles. The van der Waals surface area contributed by atoms with Crippen LogP contribution in [-0.2, 0) is 94.3 Å². The largest absolute Gasteiger partial charge is 0.372 e. The van der Waals surface area contributed by atoms with E-state index in [1.165, 1.54) is 161 Å². The Kier molecular flexibility index (Phi) is 28.9. The van der Waals surface area contributed by atoms with Gasteiger partial charge in [-0.3, -0.25) is 23.3 Å². The molecule has 0 saturated heterocycles. The van der Waals surface area contributed by atoms with Crippen molar-refractivity contribution >= 4 is 96.2 Å². The second kappa shape index (κ2) is 38.4. The summed E-state index contributed by atoms with van der Waals surface area (Å²) in [6.45, 7) is 3.75. The van der Waals surface area contributed by atoms with Gasteiger partial charge >= 0.3 is 34.1 Å². The third kappa shape index (κ3) is 24.1. The molecule has 115 heavy (non-hydrogen) atoms. The van der Waals surface area contributed by atoms with Gasteiger partial charge in [-0.05, 0) is 120 Å². The smallest absolute Gasteiger partial charge is 0.284 e. The van der Waals surface area contributed by atoms with E-state index in [0.717, 1.165) is 115 Å². The van der Waals surface area contributed by atoms with Crippen molar-refractivity contribution in [1.82, 2.24) is 102 Å². The van der Waals surface area contributed by atoms with E-state index in [4.69, 9.17) is 0 Å². The van der Waals surface area contributed by atoms with Crippen molar-refractivity contribution in [3.8, 4) is 5.69 Å². The van der Waals surface area contributed by atoms with Crippen LogP contribution >= 0.6 is 0 Å². The fraction of sp³-hybridized carbons (Fsp3) is 0.100. The minimum absolute atomic E-state index is 0.129. The zero-order chi connectivity index (χ0) is 83.9. The van der Waals surface area contributed by atoms with Crippen LogP contribution < -0.4 is 34.1 Å². The van der Waals surface area contributed by atoms with Gasteiger partial charge in [0.05, 0.1) is 73.7 Å². The molecule has 0 bridgehead atoms. The summed E-state index contributed by atoms with van der Waals surface area (Å²) in [6.07, 6.45) is 14.9. The zero-order valence-corrected chi connectivity index (χ0v) is 66.3. The maximum Gasteiger partial charge on any atom is 0.372 e. The molecule has 0 N–H and O–H groups in total. The Bertz CT molecular complexity index is 6400. The molecule has 0 atom stereocenters. The molecule has 598 valence electrons. The summed E-state index contributed by atoms with van der Waals surface area (Å²) >= 11 is 0. The van der Waals surface area contributed by atoms with Gasteiger partial charge < -0.3 is 0 Å². The normalized spacial score (nSPS) is 12.0. The van der Waals surface area contributed by atoms with Crippen LogP contribution in [0, 0.1) is 13.8 Å². The first-order valence-corrected chi connectivity index (χ1v) is 41.9. The third-order valence-corrected chi connectivity index (χ3v) is 23.4. The molecule has 7 aromatic heterocycles. The van der Waals surface area contributed by atoms with Gasteiger partial charge in [0.25, 0.3) is 0 Å². The Morgan fingerprint density at radius 2 is 0.583 bits per heavy atom. The van der Waals surface area contributed by atoms with Crippen molar-refractivity contribution < 1.29 is 50.5 Å². The van der Waals surface area contributed by atoms with Gasteiger partial charge in [-0.25, -0.2) is 88.6 Å². The average molecular weight is 1680 g/mol. The first-order chi connectivity index (χ1) is 54.4. The van der Waals surface area contributed by atoms with Crippen LogP contribution in [0.3, 0.4) is 0 Å². The molecule has 6 aromatic carbocycles. The van der Waals surface area contributed by atoms with Gasteiger partial charge in [0, 0.05) is 78.6 Å². The van der Waals surface area contributed by atoms with Crippen molar-refractivity contribution in [1.29, 1.82) is 0 Å². The predicted molar refractivity (Wildman–Crippen MR) is 422 cm³/mol. The molecule has 0 fully saturated rings. The van der Waals surface area contributed by atoms with Crippen LogP contribution in [-0.4, -0.2) is 152 Å². The average Bonchev–Trinajstić information content (AvgIpc) is 1.54. The number of pyridine rings is 1. The Morgan fingerprint density at radius 3 is 0.861 bits per heavy atom. The maximum absolute atomic E-state index is 12.1. The highest BCUT2D eigenvalue weighted by Gasteiger charge is 2.17. The number of rotatable bonds is 19. The summed E-state index contributed by atoms with van der Waals surface area (Å²) < 4.78 is 156. The summed E-state index contributed by atoms with van der Waals surface area (Å²) in [4.78, 5) is 74.3. The molecule has 0 radical (unpaired) electrons. The van der Waals surface area contributed by atoms with Crippen molar-refractivity contribution in [2.24, 2.45) is 35.2 Å². The number of sulfone groups is 6. The number of tetrazole rings is 2. The lowest BCUT2D eigenvalue weighted by Gasteiger charge is -1.99. The van der Waals surface area contributed by atoms with Crippen molar-refractivity contribution in [3.05, 3.63) is 326 Å². The minimum atomic E-state index is -3.66. The fourth-order valence-electron chi connectivity index (χ4n) is 8.62. The van der Waals surface area contributed by atoms with E-state index in [1.807, 2.05) is 13.8 Å². The van der Waals surface area contributed by atoms with E-state index in [9.17, 15) is 79.3 Å². The predicted octanol–water partition coefficient (Wildman–Crippen LogP) is 3.16. The summed E-state index contributed by atoms with van der Waals surface area (Å²) in [5, 5.41) is 34.9. The van der Waals surface area contributed by atoms with Crippen molar-refractivity contribution in [3.63, 3.8) is 0 Å². The van der Waals surface area contributed by atoms with Gasteiger partial charge in [-0.1, -0.05) is 108 Å². The SMILES string of the molecule is Cc1ccc(S(=O)(=O)/C=C/n2cnn(C)c2=O)cc1.Cc1ccc(S(=O)(=O)/C=C/n2ncn(C)c2=O)cc1.Cn1cnn(/C=C/S(=O)(=O)c2ccccc2)c1=O.Cn1ncn(/C=C/S(=O)(=O)c2ccccc2)c1=O.Cn1nnn(/C=C/S(=O)(=O)c2ccccc2)c1=O.O=c1n(/C=C/S(=O)(=O)c2ccccc2)nnn1-c1cccnc1. The molecule has 0 saturated carbocycles. The van der Waals surface area contributed by atoms with E-state index in [1.54, 1.807) is 115 Å². The van der Waals surface area contributed by atoms with Crippen LogP contribution in [0.4, 0.5) is 0 Å². The van der Waals surface area contributed by atoms with Crippen LogP contribution in [0.2, 0.25) is 0 Å². The molecule has 45 heteroatoms. The number of hydrogen-bond donors (Lipinski definition) is 0. The van der Waals surface area contributed by atoms with Crippen LogP contribution in [0.15, 0.2) is 310 Å². The van der Waals surface area contributed by atoms with E-state index >= 15 is 0 Å². The van der Waals surface area contributed by atoms with Crippen molar-refractivity contribution in [2.75, 3.05) is 0 Å². The molecule has 0 aliphatic carbocycles. The second-order valence-electron chi connectivity index (χ2n) is 23.3. The van der Waals surface area contributed by atoms with E-state index in [2.05, 4.69) is 46.2 Å². The minimum Gasteiger partial charge on any atom is -0.284 e. The number of aryl methyl sites for hydroxylation is 7. The first-order valence-electron chi connectivity index (χ1n) is 32.7. The lowest BCUT2D eigenvalue weighted by atomic mass is 10.2. The highest BCUT2D eigenvalue weighted by molar-refractivity contribution is 7.95. The first kappa shape index (κ1) is 86.7. The molecule has 13 aromatic rings. The molecule has 39 nitrogen and oxygen atoms in total. The fourth-order valence-corrected chi connectivity index (χ4v) is 14.4. The lowest BCUT2D eigenvalue weighted by Crippen LogP contribution is -2.21. The van der Waals surface area contributed by atoms with Crippen LogP contribution in [0.25, 0.3) is 42.9 Å². The molecule has 13 rings (SSSR count). The van der Waals surface area contributed by atoms with Gasteiger partial charge in [0.2, 0.25) is 59.0 Å². The lowest BCUT2D eigenvalue weighted by molar-refractivity contribution is 0.603. The quantitative estimate of drug-likeness (QED) is 0.112. The van der Waals surface area contributed by atoms with Gasteiger partial charge in [-0.2, -0.15) is 48.5 Å². The van der Waals surface area contributed by atoms with Crippen molar-refractivity contribution in [2.45, 2.75) is 43.2 Å².